The molecule has 1 amide bonds. The number of nitrogens with zero attached hydrogens (tertiary/aromatic N) is 4. The normalized spacial score (nSPS) is 10.7. The Morgan fingerprint density at radius 2 is 2.20 bits per heavy atom. The molecule has 0 aliphatic rings. The standard InChI is InChI=1S/C12H9ClN6O/c13-9-5-7(19-4-3-15-6-19)1-2-8(9)10-11(12(14)20)17-18-16-10/h1-6H,(H2,14,20)(H,16,17,18). The van der Waals surface area contributed by atoms with Crippen LogP contribution in [-0.2, 0) is 0 Å². The van der Waals surface area contributed by atoms with Crippen molar-refractivity contribution in [3.8, 4) is 16.9 Å². The summed E-state index contributed by atoms with van der Waals surface area (Å²) in [4.78, 5) is 15.2. The van der Waals surface area contributed by atoms with E-state index in [0.717, 1.165) is 5.69 Å². The molecule has 0 aliphatic heterocycles. The number of hydrogen-bond acceptors (Lipinski definition) is 4. The van der Waals surface area contributed by atoms with Gasteiger partial charge in [0.05, 0.1) is 11.3 Å². The maximum atomic E-state index is 11.3. The number of H-pyrrole nitrogens is 1. The lowest BCUT2D eigenvalue weighted by atomic mass is 10.1. The van der Waals surface area contributed by atoms with Crippen LogP contribution in [0.1, 0.15) is 10.5 Å². The Bertz CT molecular complexity index is 764. The summed E-state index contributed by atoms with van der Waals surface area (Å²) in [6.45, 7) is 0. The number of halogens is 1. The zero-order valence-electron chi connectivity index (χ0n) is 10.1. The Morgan fingerprint density at radius 3 is 2.85 bits per heavy atom. The van der Waals surface area contributed by atoms with Crippen LogP contribution >= 0.6 is 11.6 Å². The first-order valence-electron chi connectivity index (χ1n) is 5.65. The molecular formula is C12H9ClN6O. The van der Waals surface area contributed by atoms with Crippen LogP contribution in [-0.4, -0.2) is 30.9 Å². The molecule has 3 rings (SSSR count). The molecule has 0 spiro atoms. The molecule has 3 N–H and O–H groups in total. The molecule has 7 nitrogen and oxygen atoms in total. The quantitative estimate of drug-likeness (QED) is 0.760. The molecule has 3 aromatic rings. The van der Waals surface area contributed by atoms with Crippen molar-refractivity contribution in [2.45, 2.75) is 0 Å². The molecule has 0 unspecified atom stereocenters. The molecule has 100 valence electrons. The Kier molecular flexibility index (Phi) is 2.96. The summed E-state index contributed by atoms with van der Waals surface area (Å²) in [5.74, 6) is -0.663. The van der Waals surface area contributed by atoms with E-state index in [0.29, 0.717) is 16.3 Å². The molecular weight excluding hydrogens is 280 g/mol. The Morgan fingerprint density at radius 1 is 1.35 bits per heavy atom. The highest BCUT2D eigenvalue weighted by Gasteiger charge is 2.17. The molecule has 20 heavy (non-hydrogen) atoms. The number of benzene rings is 1. The number of primary amides is 1. The van der Waals surface area contributed by atoms with E-state index in [4.69, 9.17) is 17.3 Å². The third kappa shape index (κ3) is 2.04. The summed E-state index contributed by atoms with van der Waals surface area (Å²) in [6, 6.07) is 5.34. The zero-order chi connectivity index (χ0) is 14.1. The maximum absolute atomic E-state index is 11.3. The number of imidazole rings is 1. The summed E-state index contributed by atoms with van der Waals surface area (Å²) < 4.78 is 1.81. The molecule has 0 bridgehead atoms. The van der Waals surface area contributed by atoms with Crippen LogP contribution in [0.2, 0.25) is 5.02 Å². The van der Waals surface area contributed by atoms with Crippen LogP contribution in [0, 0.1) is 0 Å². The Balaban J connectivity index is 2.08. The molecule has 0 saturated heterocycles. The molecule has 0 radical (unpaired) electrons. The van der Waals surface area contributed by atoms with Gasteiger partial charge in [-0.3, -0.25) is 4.79 Å². The monoisotopic (exact) mass is 288 g/mol. The highest BCUT2D eigenvalue weighted by atomic mass is 35.5. The fourth-order valence-electron chi connectivity index (χ4n) is 1.86. The summed E-state index contributed by atoms with van der Waals surface area (Å²) in [7, 11) is 0. The second kappa shape index (κ2) is 4.78. The molecule has 8 heteroatoms. The predicted molar refractivity (Wildman–Crippen MR) is 72.5 cm³/mol. The van der Waals surface area contributed by atoms with Crippen LogP contribution in [0.4, 0.5) is 0 Å². The highest BCUT2D eigenvalue weighted by molar-refractivity contribution is 6.33. The van der Waals surface area contributed by atoms with E-state index in [1.54, 1.807) is 30.9 Å². The number of carbonyl (C=O) groups excluding carboxylic acids is 1. The van der Waals surface area contributed by atoms with Gasteiger partial charge in [-0.25, -0.2) is 4.98 Å². The van der Waals surface area contributed by atoms with Crippen molar-refractivity contribution < 1.29 is 4.79 Å². The first kappa shape index (κ1) is 12.4. The number of hydrogen-bond donors (Lipinski definition) is 2. The van der Waals surface area contributed by atoms with E-state index >= 15 is 0 Å². The largest absolute Gasteiger partial charge is 0.364 e. The SMILES string of the molecule is NC(=O)c1n[nH]nc1-c1ccc(-n2ccnc2)cc1Cl. The number of rotatable bonds is 3. The van der Waals surface area contributed by atoms with E-state index in [1.807, 2.05) is 10.6 Å². The van der Waals surface area contributed by atoms with E-state index < -0.39 is 5.91 Å². The van der Waals surface area contributed by atoms with Gasteiger partial charge in [-0.2, -0.15) is 15.4 Å². The second-order valence-corrected chi connectivity index (χ2v) is 4.43. The van der Waals surface area contributed by atoms with E-state index in [-0.39, 0.29) is 5.69 Å². The number of amides is 1. The van der Waals surface area contributed by atoms with Crippen LogP contribution in [0.25, 0.3) is 16.9 Å². The molecule has 0 saturated carbocycles. The fraction of sp³-hybridized carbons (Fsp3) is 0. The van der Waals surface area contributed by atoms with Crippen LogP contribution < -0.4 is 5.73 Å². The number of carbonyl (C=O) groups is 1. The Hall–Kier alpha value is -2.67. The van der Waals surface area contributed by atoms with Gasteiger partial charge in [0.15, 0.2) is 5.69 Å². The van der Waals surface area contributed by atoms with E-state index in [2.05, 4.69) is 20.4 Å². The lowest BCUT2D eigenvalue weighted by Crippen LogP contribution is -2.12. The number of aromatic nitrogens is 5. The molecule has 2 heterocycles. The molecule has 1 aromatic carbocycles. The van der Waals surface area contributed by atoms with E-state index in [9.17, 15) is 4.79 Å². The first-order valence-corrected chi connectivity index (χ1v) is 6.03. The average Bonchev–Trinajstić information content (AvgIpc) is 3.10. The predicted octanol–water partition coefficient (Wildman–Crippen LogP) is 1.41. The lowest BCUT2D eigenvalue weighted by molar-refractivity contribution is 0.0996. The third-order valence-corrected chi connectivity index (χ3v) is 3.10. The summed E-state index contributed by atoms with van der Waals surface area (Å²) in [5.41, 5.74) is 7.06. The van der Waals surface area contributed by atoms with Gasteiger partial charge in [-0.05, 0) is 18.2 Å². The van der Waals surface area contributed by atoms with E-state index in [1.165, 1.54) is 0 Å². The van der Waals surface area contributed by atoms with Gasteiger partial charge in [-0.15, -0.1) is 0 Å². The smallest absolute Gasteiger partial charge is 0.271 e. The average molecular weight is 289 g/mol. The summed E-state index contributed by atoms with van der Waals surface area (Å²) in [5, 5.41) is 10.5. The lowest BCUT2D eigenvalue weighted by Gasteiger charge is -2.06. The van der Waals surface area contributed by atoms with Gasteiger partial charge in [0.25, 0.3) is 5.91 Å². The minimum Gasteiger partial charge on any atom is -0.364 e. The highest BCUT2D eigenvalue weighted by Crippen LogP contribution is 2.29. The topological polar surface area (TPSA) is 102 Å². The maximum Gasteiger partial charge on any atom is 0.271 e. The van der Waals surface area contributed by atoms with Gasteiger partial charge in [0.2, 0.25) is 0 Å². The van der Waals surface area contributed by atoms with Crippen molar-refractivity contribution in [1.29, 1.82) is 0 Å². The number of nitrogens with two attached hydrogens (primary N) is 1. The molecule has 2 aromatic heterocycles. The van der Waals surface area contributed by atoms with Crippen LogP contribution in [0.15, 0.2) is 36.9 Å². The van der Waals surface area contributed by atoms with Gasteiger partial charge in [-0.1, -0.05) is 11.6 Å². The summed E-state index contributed by atoms with van der Waals surface area (Å²) >= 11 is 6.25. The third-order valence-electron chi connectivity index (χ3n) is 2.79. The van der Waals surface area contributed by atoms with Gasteiger partial charge >= 0.3 is 0 Å². The van der Waals surface area contributed by atoms with Crippen LogP contribution in [0.3, 0.4) is 0 Å². The number of aromatic amines is 1. The van der Waals surface area contributed by atoms with Crippen molar-refractivity contribution in [3.05, 3.63) is 47.6 Å². The van der Waals surface area contributed by atoms with Crippen LogP contribution in [0.5, 0.6) is 0 Å². The minimum atomic E-state index is -0.663. The summed E-state index contributed by atoms with van der Waals surface area (Å²) in [6.07, 6.45) is 5.14. The van der Waals surface area contributed by atoms with Crippen molar-refractivity contribution in [2.24, 2.45) is 5.73 Å². The molecule has 0 fully saturated rings. The number of nitrogens with one attached hydrogen (secondary N) is 1. The molecule has 0 atom stereocenters. The zero-order valence-corrected chi connectivity index (χ0v) is 10.9. The Labute approximate surface area is 118 Å². The van der Waals surface area contributed by atoms with Crippen molar-refractivity contribution in [1.82, 2.24) is 25.0 Å². The second-order valence-electron chi connectivity index (χ2n) is 4.02. The first-order chi connectivity index (χ1) is 9.66. The molecule has 0 aliphatic carbocycles. The van der Waals surface area contributed by atoms with Crippen molar-refractivity contribution in [2.75, 3.05) is 0 Å². The fourth-order valence-corrected chi connectivity index (χ4v) is 2.12. The van der Waals surface area contributed by atoms with Gasteiger partial charge < -0.3 is 10.3 Å². The van der Waals surface area contributed by atoms with Crippen molar-refractivity contribution >= 4 is 17.5 Å². The van der Waals surface area contributed by atoms with Gasteiger partial charge in [0, 0.05) is 23.6 Å². The minimum absolute atomic E-state index is 0.0577. The van der Waals surface area contributed by atoms with Gasteiger partial charge in [0.1, 0.15) is 5.69 Å². The van der Waals surface area contributed by atoms with Crippen molar-refractivity contribution in [3.63, 3.8) is 0 Å².